The minimum atomic E-state index is -0.279. The lowest BCUT2D eigenvalue weighted by molar-refractivity contribution is -0.127. The molecule has 0 aliphatic carbocycles. The van der Waals surface area contributed by atoms with E-state index in [0.717, 1.165) is 11.3 Å². The minimum absolute atomic E-state index is 0.0257. The molecule has 2 aromatic heterocycles. The Bertz CT molecular complexity index is 1220. The summed E-state index contributed by atoms with van der Waals surface area (Å²) >= 11 is 0. The van der Waals surface area contributed by atoms with E-state index in [-0.39, 0.29) is 34.8 Å². The molecular formula is C27H27FN4O3. The van der Waals surface area contributed by atoms with Crippen LogP contribution in [0.2, 0.25) is 0 Å². The van der Waals surface area contributed by atoms with Crippen molar-refractivity contribution in [2.75, 3.05) is 19.6 Å². The zero-order valence-corrected chi connectivity index (χ0v) is 19.5. The van der Waals surface area contributed by atoms with Gasteiger partial charge in [0.15, 0.2) is 0 Å². The van der Waals surface area contributed by atoms with Gasteiger partial charge in [-0.15, -0.1) is 0 Å². The van der Waals surface area contributed by atoms with E-state index in [9.17, 15) is 14.0 Å². The quantitative estimate of drug-likeness (QED) is 0.611. The van der Waals surface area contributed by atoms with Crippen LogP contribution in [0.5, 0.6) is 11.6 Å². The van der Waals surface area contributed by atoms with Gasteiger partial charge in [-0.25, -0.2) is 9.37 Å². The van der Waals surface area contributed by atoms with Gasteiger partial charge in [0.1, 0.15) is 17.1 Å². The van der Waals surface area contributed by atoms with Crippen LogP contribution in [-0.4, -0.2) is 46.3 Å². The van der Waals surface area contributed by atoms with Crippen molar-refractivity contribution < 1.29 is 18.7 Å². The van der Waals surface area contributed by atoms with Crippen LogP contribution in [0, 0.1) is 18.2 Å². The van der Waals surface area contributed by atoms with Crippen LogP contribution in [0.25, 0.3) is 0 Å². The number of nitrogens with one attached hydrogen (secondary N) is 1. The Hall–Kier alpha value is -3.81. The second-order valence-corrected chi connectivity index (χ2v) is 9.33. The van der Waals surface area contributed by atoms with E-state index in [0.29, 0.717) is 50.2 Å². The predicted octanol–water partition coefficient (Wildman–Crippen LogP) is 4.24. The number of pyridine rings is 2. The molecule has 0 bridgehead atoms. The van der Waals surface area contributed by atoms with Gasteiger partial charge in [0.25, 0.3) is 5.91 Å². The maximum Gasteiger partial charge on any atom is 0.259 e. The van der Waals surface area contributed by atoms with Crippen LogP contribution in [-0.2, 0) is 4.79 Å². The summed E-state index contributed by atoms with van der Waals surface area (Å²) in [5, 5.41) is 2.97. The molecule has 2 amide bonds. The van der Waals surface area contributed by atoms with Crippen molar-refractivity contribution in [3.05, 3.63) is 83.6 Å². The van der Waals surface area contributed by atoms with Gasteiger partial charge in [0, 0.05) is 43.9 Å². The molecule has 0 radical (unpaired) electrons. The number of nitrogens with zero attached hydrogens (tertiary/aromatic N) is 3. The summed E-state index contributed by atoms with van der Waals surface area (Å²) < 4.78 is 19.4. The number of benzene rings is 1. The fraction of sp³-hybridized carbons (Fsp3) is 0.333. The minimum Gasteiger partial charge on any atom is -0.437 e. The SMILES string of the molecule is Cc1ccc(Oc2ncccc2C(=O)N2CCC3(CC2)CC(=O)NCC3c2ccc(F)cc2)cn1. The van der Waals surface area contributed by atoms with Crippen molar-refractivity contribution in [3.8, 4) is 11.6 Å². The summed E-state index contributed by atoms with van der Waals surface area (Å²) in [6, 6.07) is 13.6. The van der Waals surface area contributed by atoms with Crippen LogP contribution >= 0.6 is 0 Å². The first-order valence-corrected chi connectivity index (χ1v) is 11.8. The third-order valence-corrected chi connectivity index (χ3v) is 7.17. The van der Waals surface area contributed by atoms with Crippen LogP contribution in [0.4, 0.5) is 4.39 Å². The molecule has 4 heterocycles. The van der Waals surface area contributed by atoms with Crippen molar-refractivity contribution >= 4 is 11.8 Å². The number of carbonyl (C=O) groups is 2. The summed E-state index contributed by atoms with van der Waals surface area (Å²) in [4.78, 5) is 36.1. The highest BCUT2D eigenvalue weighted by molar-refractivity contribution is 5.96. The Balaban J connectivity index is 1.33. The number of hydrogen-bond donors (Lipinski definition) is 1. The second-order valence-electron chi connectivity index (χ2n) is 9.33. The van der Waals surface area contributed by atoms with Crippen molar-refractivity contribution in [3.63, 3.8) is 0 Å². The second kappa shape index (κ2) is 9.44. The molecule has 2 saturated heterocycles. The van der Waals surface area contributed by atoms with Crippen LogP contribution in [0.1, 0.15) is 46.8 Å². The molecule has 1 spiro atoms. The van der Waals surface area contributed by atoms with Gasteiger partial charge in [-0.05, 0) is 67.1 Å². The molecule has 2 aliphatic rings. The van der Waals surface area contributed by atoms with Crippen LogP contribution in [0.3, 0.4) is 0 Å². The van der Waals surface area contributed by atoms with E-state index in [1.54, 1.807) is 47.6 Å². The monoisotopic (exact) mass is 474 g/mol. The van der Waals surface area contributed by atoms with Gasteiger partial charge in [0.2, 0.25) is 11.8 Å². The first-order valence-electron chi connectivity index (χ1n) is 11.8. The lowest BCUT2D eigenvalue weighted by atomic mass is 9.62. The molecule has 3 aromatic rings. The number of piperidine rings is 2. The highest BCUT2D eigenvalue weighted by Crippen LogP contribution is 2.49. The maximum atomic E-state index is 13.5. The Morgan fingerprint density at radius 2 is 1.89 bits per heavy atom. The van der Waals surface area contributed by atoms with Crippen molar-refractivity contribution in [2.24, 2.45) is 5.41 Å². The number of aromatic nitrogens is 2. The zero-order chi connectivity index (χ0) is 24.4. The standard InChI is InChI=1S/C27H27FN4O3/c1-18-4-9-21(16-30-18)35-25-22(3-2-12-29-25)26(34)32-13-10-27(11-14-32)15-24(33)31-17-23(27)19-5-7-20(28)8-6-19/h2-9,12,16,23H,10-11,13-15,17H2,1H3,(H,31,33). The number of ether oxygens (including phenoxy) is 1. The van der Waals surface area contributed by atoms with Gasteiger partial charge in [-0.2, -0.15) is 0 Å². The molecule has 1 unspecified atom stereocenters. The summed E-state index contributed by atoms with van der Waals surface area (Å²) in [5.41, 5.74) is 2.01. The number of halogens is 1. The summed E-state index contributed by atoms with van der Waals surface area (Å²) in [6.07, 6.45) is 4.97. The van der Waals surface area contributed by atoms with Gasteiger partial charge >= 0.3 is 0 Å². The molecule has 2 aliphatic heterocycles. The molecule has 180 valence electrons. The normalized spacial score (nSPS) is 19.3. The molecule has 1 N–H and O–H groups in total. The molecule has 2 fully saturated rings. The van der Waals surface area contributed by atoms with E-state index in [2.05, 4.69) is 15.3 Å². The Kier molecular flexibility index (Phi) is 6.19. The molecule has 8 heteroatoms. The van der Waals surface area contributed by atoms with E-state index >= 15 is 0 Å². The smallest absolute Gasteiger partial charge is 0.259 e. The Labute approximate surface area is 203 Å². The average molecular weight is 475 g/mol. The van der Waals surface area contributed by atoms with E-state index in [1.807, 2.05) is 13.0 Å². The molecule has 1 atom stereocenters. The predicted molar refractivity (Wildman–Crippen MR) is 128 cm³/mol. The molecular weight excluding hydrogens is 447 g/mol. The number of rotatable bonds is 4. The molecule has 0 saturated carbocycles. The van der Waals surface area contributed by atoms with Crippen molar-refractivity contribution in [2.45, 2.75) is 32.1 Å². The number of aryl methyl sites for hydroxylation is 1. The third-order valence-electron chi connectivity index (χ3n) is 7.17. The van der Waals surface area contributed by atoms with E-state index < -0.39 is 0 Å². The van der Waals surface area contributed by atoms with Gasteiger partial charge < -0.3 is 15.0 Å². The van der Waals surface area contributed by atoms with Crippen molar-refractivity contribution in [1.29, 1.82) is 0 Å². The maximum absolute atomic E-state index is 13.5. The number of carbonyl (C=O) groups excluding carboxylic acids is 2. The highest BCUT2D eigenvalue weighted by Gasteiger charge is 2.47. The van der Waals surface area contributed by atoms with Gasteiger partial charge in [0.05, 0.1) is 6.20 Å². The molecule has 35 heavy (non-hydrogen) atoms. The Morgan fingerprint density at radius 3 is 2.60 bits per heavy atom. The summed E-state index contributed by atoms with van der Waals surface area (Å²) in [6.45, 7) is 3.44. The Morgan fingerprint density at radius 1 is 1.11 bits per heavy atom. The van der Waals surface area contributed by atoms with Gasteiger partial charge in [-0.1, -0.05) is 12.1 Å². The largest absolute Gasteiger partial charge is 0.437 e. The number of likely N-dealkylation sites (tertiary alicyclic amines) is 1. The fourth-order valence-electron chi connectivity index (χ4n) is 5.22. The molecule has 5 rings (SSSR count). The van der Waals surface area contributed by atoms with Gasteiger partial charge in [-0.3, -0.25) is 14.6 Å². The topological polar surface area (TPSA) is 84.4 Å². The highest BCUT2D eigenvalue weighted by atomic mass is 19.1. The number of amides is 2. The first kappa shape index (κ1) is 23.0. The summed E-state index contributed by atoms with van der Waals surface area (Å²) in [5.74, 6) is 0.420. The zero-order valence-electron chi connectivity index (χ0n) is 19.5. The first-order chi connectivity index (χ1) is 16.9. The fourth-order valence-corrected chi connectivity index (χ4v) is 5.22. The van der Waals surface area contributed by atoms with E-state index in [1.165, 1.54) is 12.1 Å². The number of hydrogen-bond acceptors (Lipinski definition) is 5. The lowest BCUT2D eigenvalue weighted by Crippen LogP contribution is -2.53. The average Bonchev–Trinajstić information content (AvgIpc) is 2.87. The summed E-state index contributed by atoms with van der Waals surface area (Å²) in [7, 11) is 0. The van der Waals surface area contributed by atoms with Crippen LogP contribution < -0.4 is 10.1 Å². The third kappa shape index (κ3) is 4.73. The van der Waals surface area contributed by atoms with Crippen molar-refractivity contribution in [1.82, 2.24) is 20.2 Å². The lowest BCUT2D eigenvalue weighted by Gasteiger charge is -2.49. The van der Waals surface area contributed by atoms with E-state index in [4.69, 9.17) is 4.74 Å². The van der Waals surface area contributed by atoms with Crippen LogP contribution in [0.15, 0.2) is 60.9 Å². The molecule has 1 aromatic carbocycles. The molecule has 7 nitrogen and oxygen atoms in total.